The van der Waals surface area contributed by atoms with Crippen molar-refractivity contribution in [2.75, 3.05) is 12.5 Å². The number of benzene rings is 1. The minimum Gasteiger partial charge on any atom is -0.496 e. The molecule has 0 saturated heterocycles. The van der Waals surface area contributed by atoms with Gasteiger partial charge in [-0.25, -0.2) is 0 Å². The molecule has 66 valence electrons. The van der Waals surface area contributed by atoms with Crippen LogP contribution in [0, 0.1) is 0 Å². The molecule has 0 aliphatic heterocycles. The van der Waals surface area contributed by atoms with Crippen molar-refractivity contribution in [2.45, 2.75) is 0 Å². The smallest absolute Gasteiger partial charge is 0.133 e. The van der Waals surface area contributed by atoms with Crippen molar-refractivity contribution in [1.29, 1.82) is 0 Å². The van der Waals surface area contributed by atoms with Crippen LogP contribution in [0.2, 0.25) is 0 Å². The zero-order valence-electron chi connectivity index (χ0n) is 6.22. The minimum atomic E-state index is -0.954. The Balaban J connectivity index is 3.02. The Morgan fingerprint density at radius 3 is 2.50 bits per heavy atom. The maximum Gasteiger partial charge on any atom is 0.133 e. The second-order valence-electron chi connectivity index (χ2n) is 2.05. The molecule has 0 fully saturated rings. The molecule has 1 rings (SSSR count). The van der Waals surface area contributed by atoms with Gasteiger partial charge in [-0.05, 0) is 39.5 Å². The first-order valence-electron chi connectivity index (χ1n) is 3.10. The largest absolute Gasteiger partial charge is 0.496 e. The molecule has 5 heteroatoms. The van der Waals surface area contributed by atoms with E-state index >= 15 is 0 Å². The summed E-state index contributed by atoms with van der Waals surface area (Å²) >= 11 is 3.09. The van der Waals surface area contributed by atoms with Gasteiger partial charge < -0.3 is 4.74 Å². The van der Waals surface area contributed by atoms with Crippen molar-refractivity contribution in [2.24, 2.45) is 0 Å². The van der Waals surface area contributed by atoms with Crippen LogP contribution in [-0.4, -0.2) is 7.11 Å². The van der Waals surface area contributed by atoms with Gasteiger partial charge in [0.05, 0.1) is 11.6 Å². The quantitative estimate of drug-likeness (QED) is 0.734. The fourth-order valence-electron chi connectivity index (χ4n) is 0.760. The second-order valence-corrected chi connectivity index (χ2v) is 2.91. The molecular weight excluding hydrogens is 232 g/mol. The Labute approximate surface area is 76.7 Å². The molecule has 0 radical (unpaired) electrons. The number of nitrogens with zero attached hydrogens (tertiary/aromatic N) is 1. The summed E-state index contributed by atoms with van der Waals surface area (Å²) in [4.78, 5) is 0. The zero-order valence-corrected chi connectivity index (χ0v) is 7.81. The lowest BCUT2D eigenvalue weighted by Gasteiger charge is -2.05. The molecule has 0 atom stereocenters. The van der Waals surface area contributed by atoms with Gasteiger partial charge >= 0.3 is 0 Å². The SMILES string of the molecule is COc1ccc(N(F)F)cc1Br. The topological polar surface area (TPSA) is 12.5 Å². The van der Waals surface area contributed by atoms with Gasteiger partial charge in [-0.3, -0.25) is 0 Å². The first-order valence-corrected chi connectivity index (χ1v) is 3.89. The standard InChI is InChI=1S/C7H6BrF2NO/c1-12-7-3-2-5(11(9)10)4-6(7)8/h2-4H,1H3. The Morgan fingerprint density at radius 2 is 2.08 bits per heavy atom. The number of methoxy groups -OCH3 is 1. The van der Waals surface area contributed by atoms with Gasteiger partial charge in [0.25, 0.3) is 0 Å². The highest BCUT2D eigenvalue weighted by Crippen LogP contribution is 2.29. The lowest BCUT2D eigenvalue weighted by atomic mass is 10.3. The van der Waals surface area contributed by atoms with Crippen molar-refractivity contribution in [1.82, 2.24) is 0 Å². The predicted molar refractivity (Wildman–Crippen MR) is 45.4 cm³/mol. The summed E-state index contributed by atoms with van der Waals surface area (Å²) in [6.45, 7) is 0. The third kappa shape index (κ3) is 1.85. The van der Waals surface area contributed by atoms with Crippen LogP contribution in [0.1, 0.15) is 0 Å². The number of hydrogen-bond donors (Lipinski definition) is 0. The molecule has 1 aromatic rings. The first-order chi connectivity index (χ1) is 5.65. The van der Waals surface area contributed by atoms with Gasteiger partial charge in [0.15, 0.2) is 0 Å². The molecule has 0 amide bonds. The molecule has 2 nitrogen and oxygen atoms in total. The van der Waals surface area contributed by atoms with Gasteiger partial charge in [0, 0.05) is 0 Å². The summed E-state index contributed by atoms with van der Waals surface area (Å²) < 4.78 is 29.3. The van der Waals surface area contributed by atoms with E-state index in [2.05, 4.69) is 15.9 Å². The molecule has 0 heterocycles. The number of anilines is 1. The zero-order chi connectivity index (χ0) is 9.14. The highest BCUT2D eigenvalue weighted by molar-refractivity contribution is 9.10. The third-order valence-electron chi connectivity index (χ3n) is 1.33. The van der Waals surface area contributed by atoms with E-state index in [9.17, 15) is 8.96 Å². The molecule has 12 heavy (non-hydrogen) atoms. The fourth-order valence-corrected chi connectivity index (χ4v) is 1.29. The van der Waals surface area contributed by atoms with Crippen molar-refractivity contribution >= 4 is 21.6 Å². The van der Waals surface area contributed by atoms with Gasteiger partial charge in [-0.15, -0.1) is 0 Å². The third-order valence-corrected chi connectivity index (χ3v) is 1.95. The van der Waals surface area contributed by atoms with Gasteiger partial charge in [0.1, 0.15) is 11.4 Å². The van der Waals surface area contributed by atoms with Crippen molar-refractivity contribution < 1.29 is 13.7 Å². The van der Waals surface area contributed by atoms with Crippen LogP contribution in [0.3, 0.4) is 0 Å². The summed E-state index contributed by atoms with van der Waals surface area (Å²) in [5.74, 6) is 0.528. The van der Waals surface area contributed by atoms with Crippen LogP contribution in [-0.2, 0) is 0 Å². The number of ether oxygens (including phenoxy) is 1. The second kappa shape index (κ2) is 3.71. The molecule has 0 spiro atoms. The van der Waals surface area contributed by atoms with Crippen LogP contribution in [0.25, 0.3) is 0 Å². The summed E-state index contributed by atoms with van der Waals surface area (Å²) in [5, 5.41) is -0.954. The molecule has 0 unspecified atom stereocenters. The van der Waals surface area contributed by atoms with Crippen LogP contribution in [0.15, 0.2) is 22.7 Å². The van der Waals surface area contributed by atoms with E-state index in [1.165, 1.54) is 25.3 Å². The predicted octanol–water partition coefficient (Wildman–Crippen LogP) is 3.03. The lowest BCUT2D eigenvalue weighted by Crippen LogP contribution is -1.95. The minimum absolute atomic E-state index is 0.178. The number of hydrogen-bond acceptors (Lipinski definition) is 2. The first kappa shape index (κ1) is 9.25. The molecule has 0 aliphatic rings. The van der Waals surface area contributed by atoms with E-state index in [1.54, 1.807) is 0 Å². The lowest BCUT2D eigenvalue weighted by molar-refractivity contribution is 0.235. The summed E-state index contributed by atoms with van der Waals surface area (Å²) in [6, 6.07) is 4.01. The van der Waals surface area contributed by atoms with Crippen molar-refractivity contribution in [3.05, 3.63) is 22.7 Å². The molecule has 0 saturated carbocycles. The number of rotatable bonds is 2. The molecule has 0 aliphatic carbocycles. The van der Waals surface area contributed by atoms with Crippen molar-refractivity contribution in [3.63, 3.8) is 0 Å². The average molecular weight is 238 g/mol. The summed E-state index contributed by atoms with van der Waals surface area (Å²) in [5.41, 5.74) is -0.178. The maximum absolute atomic E-state index is 12.0. The van der Waals surface area contributed by atoms with Crippen LogP contribution >= 0.6 is 15.9 Å². The summed E-state index contributed by atoms with van der Waals surface area (Å²) in [7, 11) is 1.47. The van der Waals surface area contributed by atoms with E-state index in [0.29, 0.717) is 10.2 Å². The van der Waals surface area contributed by atoms with Gasteiger partial charge in [-0.2, -0.15) is 0 Å². The molecule has 0 aromatic heterocycles. The van der Waals surface area contributed by atoms with E-state index in [4.69, 9.17) is 4.74 Å². The normalized spacial score (nSPS) is 9.67. The van der Waals surface area contributed by atoms with Gasteiger partial charge in [0.2, 0.25) is 0 Å². The number of halogens is 3. The highest BCUT2D eigenvalue weighted by atomic mass is 79.9. The molecule has 0 bridgehead atoms. The van der Waals surface area contributed by atoms with E-state index in [-0.39, 0.29) is 5.69 Å². The fraction of sp³-hybridized carbons (Fsp3) is 0.143. The Hall–Kier alpha value is -0.840. The monoisotopic (exact) mass is 237 g/mol. The Kier molecular flexibility index (Phi) is 2.86. The van der Waals surface area contributed by atoms with E-state index in [0.717, 1.165) is 0 Å². The highest BCUT2D eigenvalue weighted by Gasteiger charge is 2.06. The van der Waals surface area contributed by atoms with Crippen molar-refractivity contribution in [3.8, 4) is 5.75 Å². The summed E-state index contributed by atoms with van der Waals surface area (Å²) in [6.07, 6.45) is 0. The Bertz CT molecular complexity index is 280. The van der Waals surface area contributed by atoms with E-state index in [1.807, 2.05) is 0 Å². The van der Waals surface area contributed by atoms with Crippen LogP contribution in [0.5, 0.6) is 5.75 Å². The maximum atomic E-state index is 12.0. The van der Waals surface area contributed by atoms with E-state index < -0.39 is 5.34 Å². The van der Waals surface area contributed by atoms with Crippen LogP contribution in [0.4, 0.5) is 14.6 Å². The molecular formula is C7H6BrF2NO. The average Bonchev–Trinajstić information content (AvgIpc) is 2.04. The molecule has 0 N–H and O–H groups in total. The van der Waals surface area contributed by atoms with Crippen LogP contribution < -0.4 is 10.1 Å². The van der Waals surface area contributed by atoms with Gasteiger partial charge in [-0.1, -0.05) is 8.96 Å². The Morgan fingerprint density at radius 1 is 1.42 bits per heavy atom. The molecule has 1 aromatic carbocycles.